The Kier molecular flexibility index (Phi) is 3.28. The third-order valence-corrected chi connectivity index (χ3v) is 2.69. The van der Waals surface area contributed by atoms with Crippen molar-refractivity contribution in [3.63, 3.8) is 0 Å². The molecule has 2 rings (SSSR count). The Hall–Kier alpha value is -1.62. The molecule has 0 aliphatic rings. The van der Waals surface area contributed by atoms with Gasteiger partial charge in [0.05, 0.1) is 11.4 Å². The van der Waals surface area contributed by atoms with E-state index in [1.165, 1.54) is 24.3 Å². The van der Waals surface area contributed by atoms with Crippen LogP contribution >= 0.6 is 15.9 Å². The van der Waals surface area contributed by atoms with Crippen LogP contribution in [0.1, 0.15) is 0 Å². The first-order valence-electron chi connectivity index (χ1n) is 4.83. The summed E-state index contributed by atoms with van der Waals surface area (Å²) < 4.78 is 27.6. The van der Waals surface area contributed by atoms with Crippen molar-refractivity contribution in [1.82, 2.24) is 0 Å². The summed E-state index contributed by atoms with van der Waals surface area (Å²) in [6.07, 6.45) is 0. The highest BCUT2D eigenvalue weighted by Gasteiger charge is 2.06. The number of rotatable bonds is 2. The van der Waals surface area contributed by atoms with E-state index in [1.54, 1.807) is 12.1 Å². The molecule has 5 heteroatoms. The van der Waals surface area contributed by atoms with Gasteiger partial charge in [-0.25, -0.2) is 8.78 Å². The maximum absolute atomic E-state index is 13.5. The number of nitrogens with two attached hydrogens (primary N) is 1. The zero-order chi connectivity index (χ0) is 12.4. The predicted octanol–water partition coefficient (Wildman–Crippen LogP) is 4.05. The van der Waals surface area contributed by atoms with Crippen molar-refractivity contribution in [3.8, 4) is 0 Å². The van der Waals surface area contributed by atoms with Gasteiger partial charge >= 0.3 is 0 Å². The molecule has 0 bridgehead atoms. The first kappa shape index (κ1) is 11.9. The second kappa shape index (κ2) is 4.71. The molecule has 0 amide bonds. The molecular formula is C12H9BrF2N2. The van der Waals surface area contributed by atoms with Crippen LogP contribution < -0.4 is 11.1 Å². The van der Waals surface area contributed by atoms with E-state index < -0.39 is 11.6 Å². The second-order valence-corrected chi connectivity index (χ2v) is 4.40. The lowest BCUT2D eigenvalue weighted by atomic mass is 10.2. The molecular weight excluding hydrogens is 290 g/mol. The van der Waals surface area contributed by atoms with Gasteiger partial charge in [0.25, 0.3) is 0 Å². The molecule has 0 spiro atoms. The van der Waals surface area contributed by atoms with Crippen molar-refractivity contribution in [2.24, 2.45) is 0 Å². The largest absolute Gasteiger partial charge is 0.399 e. The third-order valence-electron chi connectivity index (χ3n) is 2.19. The van der Waals surface area contributed by atoms with Gasteiger partial charge in [0.15, 0.2) is 0 Å². The minimum Gasteiger partial charge on any atom is -0.399 e. The minimum absolute atomic E-state index is 0.181. The van der Waals surface area contributed by atoms with Crippen molar-refractivity contribution >= 4 is 33.0 Å². The monoisotopic (exact) mass is 298 g/mol. The van der Waals surface area contributed by atoms with E-state index in [2.05, 4.69) is 21.2 Å². The van der Waals surface area contributed by atoms with Crippen LogP contribution in [0.2, 0.25) is 0 Å². The van der Waals surface area contributed by atoms with Crippen LogP contribution in [0.5, 0.6) is 0 Å². The standard InChI is InChI=1S/C12H9BrF2N2/c13-7-1-3-11(9(14)5-7)17-12-4-2-8(16)6-10(12)15/h1-6,17H,16H2. The Bertz CT molecular complexity index is 509. The molecule has 2 aromatic carbocycles. The maximum atomic E-state index is 13.5. The molecule has 0 unspecified atom stereocenters. The fourth-order valence-electron chi connectivity index (χ4n) is 1.37. The molecule has 0 heterocycles. The van der Waals surface area contributed by atoms with Crippen molar-refractivity contribution in [2.45, 2.75) is 0 Å². The number of hydrogen-bond acceptors (Lipinski definition) is 2. The van der Waals surface area contributed by atoms with Gasteiger partial charge in [-0.1, -0.05) is 15.9 Å². The van der Waals surface area contributed by atoms with E-state index in [0.29, 0.717) is 10.2 Å². The van der Waals surface area contributed by atoms with Crippen molar-refractivity contribution in [1.29, 1.82) is 0 Å². The number of nitrogens with one attached hydrogen (secondary N) is 1. The van der Waals surface area contributed by atoms with E-state index in [4.69, 9.17) is 5.73 Å². The average molecular weight is 299 g/mol. The normalized spacial score (nSPS) is 10.3. The molecule has 2 aromatic rings. The summed E-state index contributed by atoms with van der Waals surface area (Å²) >= 11 is 3.15. The van der Waals surface area contributed by atoms with E-state index in [0.717, 1.165) is 0 Å². The van der Waals surface area contributed by atoms with Crippen LogP contribution in [0.25, 0.3) is 0 Å². The molecule has 0 fully saturated rings. The Morgan fingerprint density at radius 3 is 2.12 bits per heavy atom. The molecule has 0 saturated heterocycles. The van der Waals surface area contributed by atoms with Crippen molar-refractivity contribution < 1.29 is 8.78 Å². The number of anilines is 3. The molecule has 0 saturated carbocycles. The van der Waals surface area contributed by atoms with Gasteiger partial charge in [-0.2, -0.15) is 0 Å². The van der Waals surface area contributed by atoms with Gasteiger partial charge in [0, 0.05) is 10.2 Å². The van der Waals surface area contributed by atoms with Crippen LogP contribution in [-0.4, -0.2) is 0 Å². The quantitative estimate of drug-likeness (QED) is 0.821. The van der Waals surface area contributed by atoms with Crippen LogP contribution in [0, 0.1) is 11.6 Å². The van der Waals surface area contributed by atoms with Gasteiger partial charge in [0.1, 0.15) is 11.6 Å². The first-order valence-corrected chi connectivity index (χ1v) is 5.62. The molecule has 3 N–H and O–H groups in total. The maximum Gasteiger partial charge on any atom is 0.148 e. The van der Waals surface area contributed by atoms with Crippen LogP contribution in [-0.2, 0) is 0 Å². The van der Waals surface area contributed by atoms with Crippen LogP contribution in [0.4, 0.5) is 25.8 Å². The zero-order valence-corrected chi connectivity index (χ0v) is 10.3. The Morgan fingerprint density at radius 1 is 0.941 bits per heavy atom. The second-order valence-electron chi connectivity index (χ2n) is 3.49. The Balaban J connectivity index is 2.31. The van der Waals surface area contributed by atoms with Crippen LogP contribution in [0.15, 0.2) is 40.9 Å². The first-order chi connectivity index (χ1) is 8.06. The predicted molar refractivity (Wildman–Crippen MR) is 68.2 cm³/mol. The molecule has 0 atom stereocenters. The molecule has 0 aliphatic heterocycles. The summed E-state index contributed by atoms with van der Waals surface area (Å²) in [6, 6.07) is 8.68. The lowest BCUT2D eigenvalue weighted by molar-refractivity contribution is 0.625. The number of benzene rings is 2. The summed E-state index contributed by atoms with van der Waals surface area (Å²) in [4.78, 5) is 0. The van der Waals surface area contributed by atoms with Gasteiger partial charge in [-0.3, -0.25) is 0 Å². The topological polar surface area (TPSA) is 38.0 Å². The van der Waals surface area contributed by atoms with Crippen molar-refractivity contribution in [3.05, 3.63) is 52.5 Å². The highest BCUT2D eigenvalue weighted by molar-refractivity contribution is 9.10. The summed E-state index contributed by atoms with van der Waals surface area (Å²) in [5, 5.41) is 2.67. The highest BCUT2D eigenvalue weighted by Crippen LogP contribution is 2.25. The average Bonchev–Trinajstić information content (AvgIpc) is 2.25. The van der Waals surface area contributed by atoms with Crippen LogP contribution in [0.3, 0.4) is 0 Å². The van der Waals surface area contributed by atoms with Gasteiger partial charge < -0.3 is 11.1 Å². The van der Waals surface area contributed by atoms with Gasteiger partial charge in [-0.05, 0) is 36.4 Å². The fraction of sp³-hybridized carbons (Fsp3) is 0. The SMILES string of the molecule is Nc1ccc(Nc2ccc(Br)cc2F)c(F)c1. The van der Waals surface area contributed by atoms with E-state index in [1.807, 2.05) is 0 Å². The number of hydrogen-bond donors (Lipinski definition) is 2. The van der Waals surface area contributed by atoms with E-state index >= 15 is 0 Å². The molecule has 2 nitrogen and oxygen atoms in total. The van der Waals surface area contributed by atoms with E-state index in [9.17, 15) is 8.78 Å². The lowest BCUT2D eigenvalue weighted by Gasteiger charge is -2.09. The number of halogens is 3. The summed E-state index contributed by atoms with van der Waals surface area (Å²) in [5.41, 5.74) is 6.13. The minimum atomic E-state index is -0.521. The molecule has 17 heavy (non-hydrogen) atoms. The summed E-state index contributed by atoms with van der Waals surface area (Å²) in [6.45, 7) is 0. The number of nitrogen functional groups attached to an aromatic ring is 1. The van der Waals surface area contributed by atoms with Crippen molar-refractivity contribution in [2.75, 3.05) is 11.1 Å². The lowest BCUT2D eigenvalue weighted by Crippen LogP contribution is -1.97. The third kappa shape index (κ3) is 2.74. The smallest absolute Gasteiger partial charge is 0.148 e. The fourth-order valence-corrected chi connectivity index (χ4v) is 1.70. The van der Waals surface area contributed by atoms with Gasteiger partial charge in [-0.15, -0.1) is 0 Å². The molecule has 0 aliphatic carbocycles. The highest BCUT2D eigenvalue weighted by atomic mass is 79.9. The Labute approximate surface area is 106 Å². The summed E-state index contributed by atoms with van der Waals surface area (Å²) in [7, 11) is 0. The summed E-state index contributed by atoms with van der Waals surface area (Å²) in [5.74, 6) is -0.983. The zero-order valence-electron chi connectivity index (χ0n) is 8.68. The van der Waals surface area contributed by atoms with E-state index in [-0.39, 0.29) is 11.4 Å². The Morgan fingerprint density at radius 2 is 1.53 bits per heavy atom. The molecule has 0 radical (unpaired) electrons. The molecule has 0 aromatic heterocycles. The molecule has 88 valence electrons. The van der Waals surface area contributed by atoms with Gasteiger partial charge in [0.2, 0.25) is 0 Å².